The summed E-state index contributed by atoms with van der Waals surface area (Å²) in [7, 11) is 0. The first-order chi connectivity index (χ1) is 8.54. The van der Waals surface area contributed by atoms with E-state index in [0.29, 0.717) is 34.5 Å². The van der Waals surface area contributed by atoms with Crippen LogP contribution in [-0.4, -0.2) is 11.8 Å². The fourth-order valence-corrected chi connectivity index (χ4v) is 1.96. The van der Waals surface area contributed by atoms with Crippen LogP contribution in [0.5, 0.6) is 5.75 Å². The van der Waals surface area contributed by atoms with Gasteiger partial charge in [0.05, 0.1) is 11.6 Å². The molecule has 2 N–H and O–H groups in total. The highest BCUT2D eigenvalue weighted by Crippen LogP contribution is 2.36. The minimum Gasteiger partial charge on any atom is -0.492 e. The molecule has 0 aliphatic carbocycles. The molecule has 2 aromatic rings. The van der Waals surface area contributed by atoms with Crippen LogP contribution in [0.3, 0.4) is 0 Å². The van der Waals surface area contributed by atoms with Gasteiger partial charge in [0, 0.05) is 5.56 Å². The van der Waals surface area contributed by atoms with Crippen LogP contribution in [0.25, 0.3) is 11.3 Å². The first-order valence-electron chi connectivity index (χ1n) is 5.69. The van der Waals surface area contributed by atoms with E-state index >= 15 is 0 Å². The number of hydrogen-bond donors (Lipinski definition) is 1. The van der Waals surface area contributed by atoms with Crippen LogP contribution in [0.1, 0.15) is 18.2 Å². The number of anilines is 1. The largest absolute Gasteiger partial charge is 0.492 e. The Labute approximate surface area is 111 Å². The Morgan fingerprint density at radius 2 is 2.11 bits per heavy atom. The van der Waals surface area contributed by atoms with Gasteiger partial charge < -0.3 is 15.0 Å². The third kappa shape index (κ3) is 2.16. The molecule has 4 nitrogen and oxygen atoms in total. The molecular formula is C13H15ClN2O2. The highest BCUT2D eigenvalue weighted by Gasteiger charge is 2.16. The van der Waals surface area contributed by atoms with E-state index in [1.807, 2.05) is 19.9 Å². The van der Waals surface area contributed by atoms with Crippen molar-refractivity contribution >= 4 is 17.3 Å². The minimum atomic E-state index is 0.533. The molecule has 0 amide bonds. The topological polar surface area (TPSA) is 61.3 Å². The van der Waals surface area contributed by atoms with Crippen LogP contribution < -0.4 is 10.5 Å². The van der Waals surface area contributed by atoms with Gasteiger partial charge in [-0.05, 0) is 38.5 Å². The Bertz CT molecular complexity index is 579. The van der Waals surface area contributed by atoms with Crippen LogP contribution in [0.2, 0.25) is 5.02 Å². The summed E-state index contributed by atoms with van der Waals surface area (Å²) < 4.78 is 10.7. The van der Waals surface area contributed by atoms with Crippen molar-refractivity contribution < 1.29 is 9.26 Å². The van der Waals surface area contributed by atoms with Crippen molar-refractivity contribution in [3.05, 3.63) is 28.4 Å². The second-order valence-corrected chi connectivity index (χ2v) is 4.45. The molecule has 0 unspecified atom stereocenters. The molecule has 2 rings (SSSR count). The fourth-order valence-electron chi connectivity index (χ4n) is 1.74. The van der Waals surface area contributed by atoms with Crippen LogP contribution in [0, 0.1) is 13.8 Å². The number of nitrogens with two attached hydrogens (primary N) is 1. The van der Waals surface area contributed by atoms with Gasteiger partial charge in [-0.2, -0.15) is 0 Å². The molecule has 0 atom stereocenters. The first-order valence-corrected chi connectivity index (χ1v) is 6.07. The summed E-state index contributed by atoms with van der Waals surface area (Å²) in [6.07, 6.45) is 0. The molecule has 1 heterocycles. The van der Waals surface area contributed by atoms with Crippen molar-refractivity contribution in [3.63, 3.8) is 0 Å². The second-order valence-electron chi connectivity index (χ2n) is 4.04. The maximum absolute atomic E-state index is 6.16. The molecule has 1 aromatic carbocycles. The maximum Gasteiger partial charge on any atom is 0.190 e. The van der Waals surface area contributed by atoms with E-state index in [1.54, 1.807) is 13.0 Å². The van der Waals surface area contributed by atoms with Crippen molar-refractivity contribution in [1.82, 2.24) is 5.16 Å². The summed E-state index contributed by atoms with van der Waals surface area (Å²) >= 11 is 6.16. The molecule has 0 spiro atoms. The molecule has 1 aromatic heterocycles. The van der Waals surface area contributed by atoms with Crippen molar-refractivity contribution in [2.45, 2.75) is 20.8 Å². The predicted octanol–water partition coefficient (Wildman–Crippen LogP) is 3.59. The van der Waals surface area contributed by atoms with E-state index in [4.69, 9.17) is 26.6 Å². The van der Waals surface area contributed by atoms with Gasteiger partial charge in [-0.1, -0.05) is 16.8 Å². The number of nitrogen functional groups attached to an aromatic ring is 1. The van der Waals surface area contributed by atoms with Crippen LogP contribution in [0.15, 0.2) is 16.7 Å². The first kappa shape index (κ1) is 12.8. The number of benzene rings is 1. The van der Waals surface area contributed by atoms with Gasteiger partial charge in [0.25, 0.3) is 0 Å². The van der Waals surface area contributed by atoms with Crippen molar-refractivity contribution in [1.29, 1.82) is 0 Å². The van der Waals surface area contributed by atoms with Gasteiger partial charge in [0.1, 0.15) is 17.1 Å². The van der Waals surface area contributed by atoms with Crippen LogP contribution in [0.4, 0.5) is 5.69 Å². The Morgan fingerprint density at radius 3 is 2.67 bits per heavy atom. The number of nitrogens with zero attached hydrogens (tertiary/aromatic N) is 1. The van der Waals surface area contributed by atoms with Crippen molar-refractivity contribution in [3.8, 4) is 17.1 Å². The molecule has 18 heavy (non-hydrogen) atoms. The van der Waals surface area contributed by atoms with E-state index in [2.05, 4.69) is 5.16 Å². The van der Waals surface area contributed by atoms with Crippen molar-refractivity contribution in [2.24, 2.45) is 0 Å². The standard InChI is InChI=1S/C13H15ClN2O2/c1-4-17-11-5-7(2)9(6-10(11)14)13-12(15)8(3)16-18-13/h5-6H,4,15H2,1-3H3. The number of hydrogen-bond acceptors (Lipinski definition) is 4. The second kappa shape index (κ2) is 4.90. The summed E-state index contributed by atoms with van der Waals surface area (Å²) in [6.45, 7) is 6.23. The zero-order chi connectivity index (χ0) is 13.3. The molecule has 0 radical (unpaired) electrons. The van der Waals surface area contributed by atoms with Crippen LogP contribution >= 0.6 is 11.6 Å². The highest BCUT2D eigenvalue weighted by molar-refractivity contribution is 6.32. The number of rotatable bonds is 3. The number of aromatic nitrogens is 1. The highest BCUT2D eigenvalue weighted by atomic mass is 35.5. The SMILES string of the molecule is CCOc1cc(C)c(-c2onc(C)c2N)cc1Cl. The Morgan fingerprint density at radius 1 is 1.39 bits per heavy atom. The molecule has 0 saturated heterocycles. The summed E-state index contributed by atoms with van der Waals surface area (Å²) in [4.78, 5) is 0. The summed E-state index contributed by atoms with van der Waals surface area (Å²) in [6, 6.07) is 3.66. The van der Waals surface area contributed by atoms with Gasteiger partial charge in [-0.3, -0.25) is 0 Å². The summed E-state index contributed by atoms with van der Waals surface area (Å²) in [5.74, 6) is 1.21. The van der Waals surface area contributed by atoms with E-state index < -0.39 is 0 Å². The average Bonchev–Trinajstić information content (AvgIpc) is 2.65. The van der Waals surface area contributed by atoms with Gasteiger partial charge >= 0.3 is 0 Å². The fraction of sp³-hybridized carbons (Fsp3) is 0.308. The minimum absolute atomic E-state index is 0.533. The normalized spacial score (nSPS) is 10.7. The lowest BCUT2D eigenvalue weighted by Crippen LogP contribution is -1.95. The molecule has 0 aliphatic rings. The zero-order valence-corrected chi connectivity index (χ0v) is 11.3. The Kier molecular flexibility index (Phi) is 3.48. The monoisotopic (exact) mass is 266 g/mol. The van der Waals surface area contributed by atoms with E-state index in [9.17, 15) is 0 Å². The van der Waals surface area contributed by atoms with Gasteiger partial charge in [-0.25, -0.2) is 0 Å². The molecule has 0 fully saturated rings. The number of aryl methyl sites for hydroxylation is 2. The van der Waals surface area contributed by atoms with Crippen LogP contribution in [-0.2, 0) is 0 Å². The average molecular weight is 267 g/mol. The lowest BCUT2D eigenvalue weighted by Gasteiger charge is -2.10. The third-order valence-corrected chi connectivity index (χ3v) is 3.03. The molecular weight excluding hydrogens is 252 g/mol. The number of halogens is 1. The molecule has 0 aliphatic heterocycles. The Hall–Kier alpha value is -1.68. The van der Waals surface area contributed by atoms with E-state index in [1.165, 1.54) is 0 Å². The van der Waals surface area contributed by atoms with Gasteiger partial charge in [-0.15, -0.1) is 0 Å². The van der Waals surface area contributed by atoms with Crippen molar-refractivity contribution in [2.75, 3.05) is 12.3 Å². The maximum atomic E-state index is 6.16. The third-order valence-electron chi connectivity index (χ3n) is 2.73. The van der Waals surface area contributed by atoms with Gasteiger partial charge in [0.2, 0.25) is 0 Å². The number of ether oxygens (including phenoxy) is 1. The summed E-state index contributed by atoms with van der Waals surface area (Å²) in [5.41, 5.74) is 8.95. The smallest absolute Gasteiger partial charge is 0.190 e. The van der Waals surface area contributed by atoms with E-state index in [-0.39, 0.29) is 0 Å². The van der Waals surface area contributed by atoms with E-state index in [0.717, 1.165) is 11.1 Å². The zero-order valence-electron chi connectivity index (χ0n) is 10.6. The molecule has 0 bridgehead atoms. The molecule has 0 saturated carbocycles. The lowest BCUT2D eigenvalue weighted by molar-refractivity contribution is 0.340. The lowest BCUT2D eigenvalue weighted by atomic mass is 10.0. The van der Waals surface area contributed by atoms with Gasteiger partial charge in [0.15, 0.2) is 5.76 Å². The predicted molar refractivity (Wildman–Crippen MR) is 72.0 cm³/mol. The molecule has 96 valence electrons. The molecule has 5 heteroatoms. The quantitative estimate of drug-likeness (QED) is 0.922. The Balaban J connectivity index is 2.53. The summed E-state index contributed by atoms with van der Waals surface area (Å²) in [5, 5.41) is 4.38.